The molecule has 6 heteroatoms. The van der Waals surface area contributed by atoms with Crippen molar-refractivity contribution in [2.24, 2.45) is 0 Å². The first kappa shape index (κ1) is 13.8. The van der Waals surface area contributed by atoms with Crippen LogP contribution < -0.4 is 0 Å². The maximum atomic E-state index is 11.6. The summed E-state index contributed by atoms with van der Waals surface area (Å²) in [5.41, 5.74) is 0.831. The van der Waals surface area contributed by atoms with Gasteiger partial charge in [-0.3, -0.25) is 9.69 Å². The number of rotatable bonds is 5. The third kappa shape index (κ3) is 3.65. The van der Waals surface area contributed by atoms with E-state index >= 15 is 0 Å². The summed E-state index contributed by atoms with van der Waals surface area (Å²) < 4.78 is 5.44. The lowest BCUT2D eigenvalue weighted by Gasteiger charge is -2.17. The van der Waals surface area contributed by atoms with Gasteiger partial charge in [-0.25, -0.2) is 4.98 Å². The number of hydrogen-bond donors (Lipinski definition) is 0. The molecule has 0 spiro atoms. The standard InChI is InChI=1S/C13H17N3O2S/c1-15(2)12(17)8-16(3)7-10-9-18-13(14-10)11-5-4-6-19-11/h4-6,9H,7-8H2,1-3H3. The number of thiophene rings is 1. The highest BCUT2D eigenvalue weighted by Crippen LogP contribution is 2.23. The minimum absolute atomic E-state index is 0.0736. The number of amides is 1. The van der Waals surface area contributed by atoms with Crippen LogP contribution in [0.1, 0.15) is 5.69 Å². The van der Waals surface area contributed by atoms with Crippen LogP contribution in [0.5, 0.6) is 0 Å². The average Bonchev–Trinajstić information content (AvgIpc) is 2.97. The smallest absolute Gasteiger partial charge is 0.236 e. The van der Waals surface area contributed by atoms with Crippen LogP contribution in [0.25, 0.3) is 10.8 Å². The third-order valence-electron chi connectivity index (χ3n) is 2.62. The van der Waals surface area contributed by atoms with Crippen molar-refractivity contribution in [1.82, 2.24) is 14.8 Å². The Labute approximate surface area is 116 Å². The van der Waals surface area contributed by atoms with E-state index in [4.69, 9.17) is 4.42 Å². The maximum Gasteiger partial charge on any atom is 0.236 e. The van der Waals surface area contributed by atoms with Gasteiger partial charge in [0.05, 0.1) is 17.1 Å². The highest BCUT2D eigenvalue weighted by atomic mass is 32.1. The molecule has 0 aliphatic heterocycles. The van der Waals surface area contributed by atoms with Crippen molar-refractivity contribution >= 4 is 17.2 Å². The van der Waals surface area contributed by atoms with Crippen LogP contribution in [0.15, 0.2) is 28.2 Å². The number of carbonyl (C=O) groups excluding carboxylic acids is 1. The fourth-order valence-electron chi connectivity index (χ4n) is 1.60. The molecule has 0 radical (unpaired) electrons. The van der Waals surface area contributed by atoms with E-state index in [0.29, 0.717) is 19.0 Å². The van der Waals surface area contributed by atoms with Crippen molar-refractivity contribution < 1.29 is 9.21 Å². The van der Waals surface area contributed by atoms with Crippen molar-refractivity contribution in [2.75, 3.05) is 27.7 Å². The van der Waals surface area contributed by atoms with Gasteiger partial charge in [-0.05, 0) is 18.5 Å². The molecule has 0 unspecified atom stereocenters. The summed E-state index contributed by atoms with van der Waals surface area (Å²) in [6.45, 7) is 0.961. The summed E-state index contributed by atoms with van der Waals surface area (Å²) in [6.07, 6.45) is 1.64. The van der Waals surface area contributed by atoms with Crippen molar-refractivity contribution in [1.29, 1.82) is 0 Å². The van der Waals surface area contributed by atoms with Gasteiger partial charge in [-0.15, -0.1) is 11.3 Å². The summed E-state index contributed by atoms with van der Waals surface area (Å²) in [6, 6.07) is 3.94. The molecule has 0 N–H and O–H groups in total. The van der Waals surface area contributed by atoms with Crippen molar-refractivity contribution in [2.45, 2.75) is 6.54 Å². The Hall–Kier alpha value is -1.66. The van der Waals surface area contributed by atoms with Gasteiger partial charge in [-0.1, -0.05) is 6.07 Å². The number of hydrogen-bond acceptors (Lipinski definition) is 5. The lowest BCUT2D eigenvalue weighted by atomic mass is 10.4. The monoisotopic (exact) mass is 279 g/mol. The molecule has 2 rings (SSSR count). The predicted molar refractivity (Wildman–Crippen MR) is 74.8 cm³/mol. The fourth-order valence-corrected chi connectivity index (χ4v) is 2.25. The molecule has 0 fully saturated rings. The molecule has 0 bridgehead atoms. The van der Waals surface area contributed by atoms with Gasteiger partial charge in [0.2, 0.25) is 11.8 Å². The first-order valence-corrected chi connectivity index (χ1v) is 6.81. The summed E-state index contributed by atoms with van der Waals surface area (Å²) in [5.74, 6) is 0.710. The minimum Gasteiger partial charge on any atom is -0.444 e. The molecule has 2 aromatic rings. The van der Waals surface area contributed by atoms with Crippen LogP contribution in [0.4, 0.5) is 0 Å². The van der Waals surface area contributed by atoms with Crippen molar-refractivity contribution in [3.63, 3.8) is 0 Å². The van der Waals surface area contributed by atoms with Crippen LogP contribution in [-0.4, -0.2) is 48.4 Å². The maximum absolute atomic E-state index is 11.6. The van der Waals surface area contributed by atoms with Crippen LogP contribution in [0, 0.1) is 0 Å². The van der Waals surface area contributed by atoms with Gasteiger partial charge >= 0.3 is 0 Å². The van der Waals surface area contributed by atoms with Crippen molar-refractivity contribution in [3.8, 4) is 10.8 Å². The predicted octanol–water partition coefficient (Wildman–Crippen LogP) is 1.92. The minimum atomic E-state index is 0.0736. The molecule has 0 saturated carbocycles. The number of carbonyl (C=O) groups is 1. The summed E-state index contributed by atoms with van der Waals surface area (Å²) >= 11 is 1.59. The lowest BCUT2D eigenvalue weighted by Crippen LogP contribution is -2.34. The quantitative estimate of drug-likeness (QED) is 0.839. The number of likely N-dealkylation sites (N-methyl/N-ethyl adjacent to an activating group) is 2. The van der Waals surface area contributed by atoms with E-state index < -0.39 is 0 Å². The fraction of sp³-hybridized carbons (Fsp3) is 0.385. The molecule has 2 aromatic heterocycles. The third-order valence-corrected chi connectivity index (χ3v) is 3.48. The molecule has 102 valence electrons. The zero-order valence-corrected chi connectivity index (χ0v) is 12.1. The Kier molecular flexibility index (Phi) is 4.34. The number of nitrogens with zero attached hydrogens (tertiary/aromatic N) is 3. The second-order valence-corrected chi connectivity index (χ2v) is 5.53. The van der Waals surface area contributed by atoms with E-state index in [1.54, 1.807) is 36.6 Å². The van der Waals surface area contributed by atoms with Gasteiger partial charge < -0.3 is 9.32 Å². The molecule has 0 aliphatic rings. The highest BCUT2D eigenvalue weighted by Gasteiger charge is 2.12. The van der Waals surface area contributed by atoms with E-state index in [2.05, 4.69) is 4.98 Å². The number of oxazole rings is 1. The Morgan fingerprint density at radius 3 is 2.84 bits per heavy atom. The second-order valence-electron chi connectivity index (χ2n) is 4.58. The zero-order valence-electron chi connectivity index (χ0n) is 11.3. The Balaban J connectivity index is 1.95. The molecular formula is C13H17N3O2S. The van der Waals surface area contributed by atoms with Gasteiger partial charge in [0.25, 0.3) is 0 Å². The number of aromatic nitrogens is 1. The topological polar surface area (TPSA) is 49.6 Å². The Morgan fingerprint density at radius 1 is 1.42 bits per heavy atom. The average molecular weight is 279 g/mol. The van der Waals surface area contributed by atoms with E-state index in [1.807, 2.05) is 29.5 Å². The summed E-state index contributed by atoms with van der Waals surface area (Å²) in [7, 11) is 5.39. The molecule has 0 aromatic carbocycles. The van der Waals surface area contributed by atoms with Gasteiger partial charge in [0.15, 0.2) is 0 Å². The van der Waals surface area contributed by atoms with Crippen LogP contribution >= 0.6 is 11.3 Å². The van der Waals surface area contributed by atoms with E-state index in [0.717, 1.165) is 10.6 Å². The van der Waals surface area contributed by atoms with E-state index in [-0.39, 0.29) is 5.91 Å². The molecule has 19 heavy (non-hydrogen) atoms. The second kappa shape index (κ2) is 5.99. The molecule has 0 saturated heterocycles. The lowest BCUT2D eigenvalue weighted by molar-refractivity contribution is -0.129. The molecule has 2 heterocycles. The summed E-state index contributed by atoms with van der Waals surface area (Å²) in [4.78, 5) is 20.5. The highest BCUT2D eigenvalue weighted by molar-refractivity contribution is 7.13. The van der Waals surface area contributed by atoms with Crippen LogP contribution in [0.3, 0.4) is 0 Å². The SMILES string of the molecule is CN(CC(=O)N(C)C)Cc1coc(-c2cccs2)n1. The van der Waals surface area contributed by atoms with Crippen LogP contribution in [0.2, 0.25) is 0 Å². The van der Waals surface area contributed by atoms with Crippen LogP contribution in [-0.2, 0) is 11.3 Å². The summed E-state index contributed by atoms with van der Waals surface area (Å²) in [5, 5.41) is 1.99. The molecule has 1 amide bonds. The van der Waals surface area contributed by atoms with Gasteiger partial charge in [0, 0.05) is 20.6 Å². The first-order chi connectivity index (χ1) is 9.06. The first-order valence-electron chi connectivity index (χ1n) is 5.93. The van der Waals surface area contributed by atoms with Gasteiger partial charge in [0.1, 0.15) is 6.26 Å². The zero-order chi connectivity index (χ0) is 13.8. The Bertz CT molecular complexity index is 534. The van der Waals surface area contributed by atoms with Crippen molar-refractivity contribution in [3.05, 3.63) is 29.5 Å². The van der Waals surface area contributed by atoms with E-state index in [1.165, 1.54) is 0 Å². The largest absolute Gasteiger partial charge is 0.444 e. The van der Waals surface area contributed by atoms with Gasteiger partial charge in [-0.2, -0.15) is 0 Å². The molecule has 5 nitrogen and oxygen atoms in total. The molecule has 0 atom stereocenters. The Morgan fingerprint density at radius 2 is 2.21 bits per heavy atom. The molecule has 0 aliphatic carbocycles. The molecular weight excluding hydrogens is 262 g/mol. The van der Waals surface area contributed by atoms with E-state index in [9.17, 15) is 4.79 Å². The normalized spacial score (nSPS) is 10.9.